The molecule has 2 saturated heterocycles. The molecule has 0 spiro atoms. The number of hydrogen-bond donors (Lipinski definition) is 2. The van der Waals surface area contributed by atoms with Crippen LogP contribution in [0.25, 0.3) is 0 Å². The van der Waals surface area contributed by atoms with Crippen molar-refractivity contribution in [3.05, 3.63) is 96.7 Å². The summed E-state index contributed by atoms with van der Waals surface area (Å²) in [5, 5.41) is 6.73. The van der Waals surface area contributed by atoms with Crippen molar-refractivity contribution in [2.24, 2.45) is 0 Å². The molecule has 34 heavy (non-hydrogen) atoms. The van der Waals surface area contributed by atoms with E-state index < -0.39 is 0 Å². The number of nitrogens with one attached hydrogen (secondary N) is 2. The van der Waals surface area contributed by atoms with E-state index in [4.69, 9.17) is 0 Å². The Bertz CT molecular complexity index is 797. The summed E-state index contributed by atoms with van der Waals surface area (Å²) in [6.07, 6.45) is 4.48. The predicted molar refractivity (Wildman–Crippen MR) is 148 cm³/mol. The zero-order valence-electron chi connectivity index (χ0n) is 21.7. The number of rotatable bonds is 7. The van der Waals surface area contributed by atoms with Crippen LogP contribution >= 0.6 is 0 Å². The first kappa shape index (κ1) is 27.8. The maximum atomic E-state index is 4.15. The van der Waals surface area contributed by atoms with E-state index in [1.54, 1.807) is 0 Å². The maximum absolute atomic E-state index is 4.15. The molecule has 2 aliphatic rings. The van der Waals surface area contributed by atoms with E-state index in [9.17, 15) is 0 Å². The van der Waals surface area contributed by atoms with Crippen LogP contribution in [-0.4, -0.2) is 62.2 Å². The minimum Gasteiger partial charge on any atom is -0.383 e. The molecule has 4 rings (SSSR count). The molecular formula is C30H46N4. The minimum absolute atomic E-state index is 0.517. The van der Waals surface area contributed by atoms with Crippen LogP contribution in [0.2, 0.25) is 0 Å². The van der Waals surface area contributed by atoms with Crippen molar-refractivity contribution in [2.45, 2.75) is 45.2 Å². The van der Waals surface area contributed by atoms with Crippen molar-refractivity contribution in [2.75, 3.05) is 46.3 Å². The van der Waals surface area contributed by atoms with E-state index in [0.29, 0.717) is 12.0 Å². The molecule has 2 heterocycles. The van der Waals surface area contributed by atoms with Crippen molar-refractivity contribution < 1.29 is 0 Å². The molecule has 0 aliphatic carbocycles. The maximum Gasteiger partial charge on any atom is 0.0486 e. The first-order valence-corrected chi connectivity index (χ1v) is 12.8. The van der Waals surface area contributed by atoms with Gasteiger partial charge in [-0.3, -0.25) is 9.80 Å². The number of likely N-dealkylation sites (tertiary alicyclic amines) is 1. The first-order chi connectivity index (χ1) is 16.5. The average Bonchev–Trinajstić information content (AvgIpc) is 3.31. The summed E-state index contributed by atoms with van der Waals surface area (Å²) >= 11 is 0. The molecule has 0 aromatic heterocycles. The molecule has 4 nitrogen and oxygen atoms in total. The normalized spacial score (nSPS) is 18.3. The molecule has 2 N–H and O–H groups in total. The quantitative estimate of drug-likeness (QED) is 0.549. The van der Waals surface area contributed by atoms with Gasteiger partial charge in [0, 0.05) is 51.0 Å². The van der Waals surface area contributed by atoms with Crippen LogP contribution < -0.4 is 10.6 Å². The third-order valence-electron chi connectivity index (χ3n) is 6.35. The fraction of sp³-hybridized carbons (Fsp3) is 0.467. The van der Waals surface area contributed by atoms with Crippen LogP contribution in [-0.2, 0) is 6.54 Å². The third kappa shape index (κ3) is 10.7. The van der Waals surface area contributed by atoms with E-state index in [1.165, 1.54) is 43.6 Å². The largest absolute Gasteiger partial charge is 0.383 e. The van der Waals surface area contributed by atoms with Gasteiger partial charge >= 0.3 is 0 Å². The Morgan fingerprint density at radius 2 is 1.65 bits per heavy atom. The van der Waals surface area contributed by atoms with Crippen molar-refractivity contribution in [1.29, 1.82) is 0 Å². The average molecular weight is 463 g/mol. The van der Waals surface area contributed by atoms with E-state index >= 15 is 0 Å². The number of benzene rings is 2. The molecule has 2 aromatic rings. The van der Waals surface area contributed by atoms with Crippen molar-refractivity contribution >= 4 is 0 Å². The Morgan fingerprint density at radius 3 is 2.15 bits per heavy atom. The molecule has 186 valence electrons. The predicted octanol–water partition coefficient (Wildman–Crippen LogP) is 5.27. The van der Waals surface area contributed by atoms with E-state index in [-0.39, 0.29) is 0 Å². The van der Waals surface area contributed by atoms with Gasteiger partial charge in [0.25, 0.3) is 0 Å². The second kappa shape index (κ2) is 16.3. The van der Waals surface area contributed by atoms with Crippen LogP contribution in [0.5, 0.6) is 0 Å². The van der Waals surface area contributed by atoms with Gasteiger partial charge in [-0.2, -0.15) is 0 Å². The van der Waals surface area contributed by atoms with E-state index in [0.717, 1.165) is 31.9 Å². The summed E-state index contributed by atoms with van der Waals surface area (Å²) in [4.78, 5) is 4.77. The molecule has 1 unspecified atom stereocenters. The Hall–Kier alpha value is -2.40. The van der Waals surface area contributed by atoms with Crippen molar-refractivity contribution in [3.63, 3.8) is 0 Å². The summed E-state index contributed by atoms with van der Waals surface area (Å²) < 4.78 is 0. The molecule has 0 saturated carbocycles. The number of nitrogens with zero attached hydrogens (tertiary/aromatic N) is 2. The van der Waals surface area contributed by atoms with Crippen LogP contribution in [0.4, 0.5) is 0 Å². The number of piperazine rings is 1. The van der Waals surface area contributed by atoms with Crippen molar-refractivity contribution in [1.82, 2.24) is 20.4 Å². The van der Waals surface area contributed by atoms with Gasteiger partial charge < -0.3 is 10.6 Å². The highest BCUT2D eigenvalue weighted by atomic mass is 15.2. The molecule has 0 bridgehead atoms. The molecule has 2 aromatic carbocycles. The number of likely N-dealkylation sites (N-methyl/N-ethyl adjacent to an activating group) is 1. The zero-order valence-corrected chi connectivity index (χ0v) is 21.7. The molecule has 4 heteroatoms. The van der Waals surface area contributed by atoms with Gasteiger partial charge in [-0.1, -0.05) is 87.2 Å². The highest BCUT2D eigenvalue weighted by Gasteiger charge is 2.22. The lowest BCUT2D eigenvalue weighted by atomic mass is 10.0. The fourth-order valence-electron chi connectivity index (χ4n) is 4.19. The van der Waals surface area contributed by atoms with Gasteiger partial charge in [0.05, 0.1) is 0 Å². The highest BCUT2D eigenvalue weighted by molar-refractivity contribution is 5.18. The SMILES string of the molecule is C=C(NCc1ccccc1)C1CCCN1C.C=CCN1CCNCC1.CC(C)c1ccccc1. The third-order valence-corrected chi connectivity index (χ3v) is 6.35. The smallest absolute Gasteiger partial charge is 0.0486 e. The molecule has 2 aliphatic heterocycles. The second-order valence-corrected chi connectivity index (χ2v) is 9.41. The van der Waals surface area contributed by atoms with Gasteiger partial charge in [-0.15, -0.1) is 6.58 Å². The van der Waals surface area contributed by atoms with Crippen LogP contribution in [0.3, 0.4) is 0 Å². The fourth-order valence-corrected chi connectivity index (χ4v) is 4.19. The van der Waals surface area contributed by atoms with Gasteiger partial charge in [0.1, 0.15) is 0 Å². The van der Waals surface area contributed by atoms with E-state index in [1.807, 2.05) is 18.2 Å². The van der Waals surface area contributed by atoms with Crippen molar-refractivity contribution in [3.8, 4) is 0 Å². The molecular weight excluding hydrogens is 416 g/mol. The molecule has 0 radical (unpaired) electrons. The Labute approximate surface area is 208 Å². The topological polar surface area (TPSA) is 30.5 Å². The highest BCUT2D eigenvalue weighted by Crippen LogP contribution is 2.19. The molecule has 0 amide bonds. The Balaban J connectivity index is 0.000000194. The molecule has 1 atom stereocenters. The molecule has 2 fully saturated rings. The standard InChI is InChI=1S/C14H20N2.C9H12.C7H14N2/c1-12(14-9-6-10-16(14)2)15-11-13-7-4-3-5-8-13;1-8(2)9-6-4-3-5-7-9;1-2-5-9-6-3-8-4-7-9/h3-5,7-8,14-15H,1,6,9-11H2,2H3;3-8H,1-2H3;2,8H,1,3-7H2. The summed E-state index contributed by atoms with van der Waals surface area (Å²) in [5.74, 6) is 0.659. The van der Waals surface area contributed by atoms with Gasteiger partial charge in [-0.25, -0.2) is 0 Å². The Kier molecular flexibility index (Phi) is 13.3. The van der Waals surface area contributed by atoms with Gasteiger partial charge in [0.15, 0.2) is 0 Å². The van der Waals surface area contributed by atoms with Gasteiger partial charge in [0.2, 0.25) is 0 Å². The lowest BCUT2D eigenvalue weighted by Gasteiger charge is -2.25. The monoisotopic (exact) mass is 462 g/mol. The Morgan fingerprint density at radius 1 is 1.03 bits per heavy atom. The van der Waals surface area contributed by atoms with Crippen LogP contribution in [0.15, 0.2) is 85.6 Å². The summed E-state index contributed by atoms with van der Waals surface area (Å²) in [6.45, 7) is 20.0. The second-order valence-electron chi connectivity index (χ2n) is 9.41. The number of hydrogen-bond acceptors (Lipinski definition) is 4. The summed E-state index contributed by atoms with van der Waals surface area (Å²) in [6, 6.07) is 21.5. The van der Waals surface area contributed by atoms with Crippen LogP contribution in [0, 0.1) is 0 Å². The summed E-state index contributed by atoms with van der Waals surface area (Å²) in [5.41, 5.74) is 3.88. The zero-order chi connectivity index (χ0) is 24.6. The minimum atomic E-state index is 0.517. The van der Waals surface area contributed by atoms with Crippen LogP contribution in [0.1, 0.15) is 43.7 Å². The van der Waals surface area contributed by atoms with Gasteiger partial charge in [-0.05, 0) is 43.5 Å². The lowest BCUT2D eigenvalue weighted by molar-refractivity contribution is 0.265. The first-order valence-electron chi connectivity index (χ1n) is 12.8. The van der Waals surface area contributed by atoms with E-state index in [2.05, 4.69) is 103 Å². The lowest BCUT2D eigenvalue weighted by Crippen LogP contribution is -2.43. The summed E-state index contributed by atoms with van der Waals surface area (Å²) in [7, 11) is 2.17.